The first-order valence-corrected chi connectivity index (χ1v) is 9.61. The van der Waals surface area contributed by atoms with Gasteiger partial charge in [0.25, 0.3) is 0 Å². The highest BCUT2D eigenvalue weighted by Gasteiger charge is 2.28. The highest BCUT2D eigenvalue weighted by molar-refractivity contribution is 6.36. The SMILES string of the molecule is C[C@@H]1CN(c2nc3ccc(C(=O)O)cc3[nH]2)CCN1c1ncnc2[nH]cc(Cl)c12. The van der Waals surface area contributed by atoms with Crippen LogP contribution in [0.3, 0.4) is 0 Å². The van der Waals surface area contributed by atoms with E-state index >= 15 is 0 Å². The number of nitrogens with zero attached hydrogens (tertiary/aromatic N) is 5. The van der Waals surface area contributed by atoms with Crippen molar-refractivity contribution in [3.63, 3.8) is 0 Å². The van der Waals surface area contributed by atoms with Crippen LogP contribution in [0.1, 0.15) is 17.3 Å². The minimum atomic E-state index is -0.954. The molecular weight excluding hydrogens is 394 g/mol. The van der Waals surface area contributed by atoms with Crippen molar-refractivity contribution in [1.29, 1.82) is 0 Å². The van der Waals surface area contributed by atoms with Crippen molar-refractivity contribution in [3.8, 4) is 0 Å². The normalized spacial score (nSPS) is 17.4. The number of halogens is 1. The summed E-state index contributed by atoms with van der Waals surface area (Å²) in [5.41, 5.74) is 2.42. The Morgan fingerprint density at radius 2 is 2.17 bits per heavy atom. The molecule has 148 valence electrons. The molecule has 0 bridgehead atoms. The van der Waals surface area contributed by atoms with Crippen molar-refractivity contribution in [3.05, 3.63) is 41.3 Å². The van der Waals surface area contributed by atoms with E-state index in [4.69, 9.17) is 11.6 Å². The molecule has 0 radical (unpaired) electrons. The van der Waals surface area contributed by atoms with Crippen LogP contribution in [0.15, 0.2) is 30.7 Å². The van der Waals surface area contributed by atoms with Gasteiger partial charge in [-0.2, -0.15) is 0 Å². The van der Waals surface area contributed by atoms with Gasteiger partial charge in [0.2, 0.25) is 5.95 Å². The minimum absolute atomic E-state index is 0.163. The predicted octanol–water partition coefficient (Wildman–Crippen LogP) is 2.90. The summed E-state index contributed by atoms with van der Waals surface area (Å²) in [6.07, 6.45) is 3.27. The number of aromatic carboxylic acids is 1. The Bertz CT molecular complexity index is 1230. The molecule has 1 aromatic carbocycles. The van der Waals surface area contributed by atoms with E-state index in [-0.39, 0.29) is 11.6 Å². The number of nitrogens with one attached hydrogen (secondary N) is 2. The number of hydrogen-bond donors (Lipinski definition) is 3. The fourth-order valence-corrected chi connectivity index (χ4v) is 4.10. The first kappa shape index (κ1) is 17.7. The molecule has 0 unspecified atom stereocenters. The summed E-state index contributed by atoms with van der Waals surface area (Å²) in [6, 6.07) is 5.07. The van der Waals surface area contributed by atoms with E-state index in [9.17, 15) is 9.90 Å². The summed E-state index contributed by atoms with van der Waals surface area (Å²) in [5, 5.41) is 10.6. The molecule has 1 fully saturated rings. The topological polar surface area (TPSA) is 114 Å². The lowest BCUT2D eigenvalue weighted by atomic mass is 10.2. The second-order valence-electron chi connectivity index (χ2n) is 7.14. The number of aromatic amines is 2. The fraction of sp³-hybridized carbons (Fsp3) is 0.263. The monoisotopic (exact) mass is 411 g/mol. The molecule has 10 heteroatoms. The Hall–Kier alpha value is -3.33. The third-order valence-electron chi connectivity index (χ3n) is 5.32. The number of piperazine rings is 1. The van der Waals surface area contributed by atoms with E-state index in [0.29, 0.717) is 10.5 Å². The maximum absolute atomic E-state index is 11.2. The summed E-state index contributed by atoms with van der Waals surface area (Å²) in [4.78, 5) is 35.3. The van der Waals surface area contributed by atoms with Gasteiger partial charge in [-0.25, -0.2) is 19.7 Å². The summed E-state index contributed by atoms with van der Waals surface area (Å²) in [6.45, 7) is 4.35. The van der Waals surface area contributed by atoms with E-state index in [1.54, 1.807) is 30.7 Å². The molecule has 29 heavy (non-hydrogen) atoms. The number of benzene rings is 1. The number of anilines is 2. The summed E-state index contributed by atoms with van der Waals surface area (Å²) in [5.74, 6) is 0.607. The van der Waals surface area contributed by atoms with Gasteiger partial charge in [0.15, 0.2) is 0 Å². The van der Waals surface area contributed by atoms with Gasteiger partial charge in [-0.15, -0.1) is 0 Å². The highest BCUT2D eigenvalue weighted by atomic mass is 35.5. The lowest BCUT2D eigenvalue weighted by Gasteiger charge is -2.40. The van der Waals surface area contributed by atoms with E-state index in [1.165, 1.54) is 0 Å². The van der Waals surface area contributed by atoms with Gasteiger partial charge in [-0.1, -0.05) is 11.6 Å². The van der Waals surface area contributed by atoms with Gasteiger partial charge >= 0.3 is 5.97 Å². The molecular formula is C19H18ClN7O2. The smallest absolute Gasteiger partial charge is 0.335 e. The van der Waals surface area contributed by atoms with Crippen molar-refractivity contribution in [2.24, 2.45) is 0 Å². The maximum atomic E-state index is 11.2. The molecule has 4 aromatic rings. The third kappa shape index (κ3) is 2.94. The van der Waals surface area contributed by atoms with E-state index in [0.717, 1.165) is 48.0 Å². The van der Waals surface area contributed by atoms with Crippen LogP contribution in [0, 0.1) is 0 Å². The summed E-state index contributed by atoms with van der Waals surface area (Å²) in [7, 11) is 0. The zero-order chi connectivity index (χ0) is 20.1. The Kier molecular flexibility index (Phi) is 4.06. The van der Waals surface area contributed by atoms with Gasteiger partial charge in [-0.05, 0) is 25.1 Å². The zero-order valence-corrected chi connectivity index (χ0v) is 16.3. The van der Waals surface area contributed by atoms with Crippen LogP contribution in [0.4, 0.5) is 11.8 Å². The largest absolute Gasteiger partial charge is 0.478 e. The number of H-pyrrole nitrogens is 2. The molecule has 0 saturated carbocycles. The average Bonchev–Trinajstić information content (AvgIpc) is 3.31. The van der Waals surface area contributed by atoms with Gasteiger partial charge in [0, 0.05) is 31.9 Å². The van der Waals surface area contributed by atoms with Gasteiger partial charge in [-0.3, -0.25) is 0 Å². The fourth-order valence-electron chi connectivity index (χ4n) is 3.87. The molecule has 0 spiro atoms. The molecule has 1 aliphatic rings. The third-order valence-corrected chi connectivity index (χ3v) is 5.62. The number of carboxylic acids is 1. The molecule has 0 aliphatic carbocycles. The number of hydrogen-bond acceptors (Lipinski definition) is 6. The Labute approximate surface area is 170 Å². The van der Waals surface area contributed by atoms with Gasteiger partial charge < -0.3 is 24.9 Å². The lowest BCUT2D eigenvalue weighted by molar-refractivity contribution is 0.0697. The second kappa shape index (κ2) is 6.63. The van der Waals surface area contributed by atoms with Gasteiger partial charge in [0.1, 0.15) is 17.8 Å². The van der Waals surface area contributed by atoms with Crippen LogP contribution in [-0.4, -0.2) is 61.7 Å². The number of carboxylic acid groups (broad SMARTS) is 1. The number of aromatic nitrogens is 5. The standard InChI is InChI=1S/C19H18ClN7O2/c1-10-8-26(19-24-13-3-2-11(18(28)29)6-14(13)25-19)4-5-27(10)17-15-12(20)7-21-16(15)22-9-23-17/h2-3,6-7,9-10H,4-5,8H2,1H3,(H,24,25)(H,28,29)(H,21,22,23)/t10-/m1/s1. The molecule has 3 aromatic heterocycles. The average molecular weight is 412 g/mol. The van der Waals surface area contributed by atoms with E-state index in [2.05, 4.69) is 41.6 Å². The van der Waals surface area contributed by atoms with E-state index < -0.39 is 5.97 Å². The predicted molar refractivity (Wildman–Crippen MR) is 111 cm³/mol. The molecule has 9 nitrogen and oxygen atoms in total. The van der Waals surface area contributed by atoms with Crippen molar-refractivity contribution in [1.82, 2.24) is 24.9 Å². The van der Waals surface area contributed by atoms with Crippen LogP contribution in [0.2, 0.25) is 5.02 Å². The molecule has 0 amide bonds. The van der Waals surface area contributed by atoms with Crippen LogP contribution in [-0.2, 0) is 0 Å². The number of rotatable bonds is 3. The van der Waals surface area contributed by atoms with Crippen molar-refractivity contribution < 1.29 is 9.90 Å². The molecule has 4 heterocycles. The molecule has 5 rings (SSSR count). The number of imidazole rings is 1. The molecule has 1 aliphatic heterocycles. The Morgan fingerprint density at radius 1 is 1.31 bits per heavy atom. The van der Waals surface area contributed by atoms with Crippen LogP contribution in [0.5, 0.6) is 0 Å². The quantitative estimate of drug-likeness (QED) is 0.475. The number of carbonyl (C=O) groups is 1. The van der Waals surface area contributed by atoms with Crippen molar-refractivity contribution >= 4 is 51.4 Å². The Morgan fingerprint density at radius 3 is 2.97 bits per heavy atom. The summed E-state index contributed by atoms with van der Waals surface area (Å²) < 4.78 is 0. The van der Waals surface area contributed by atoms with E-state index in [1.807, 2.05) is 0 Å². The maximum Gasteiger partial charge on any atom is 0.335 e. The zero-order valence-electron chi connectivity index (χ0n) is 15.6. The highest BCUT2D eigenvalue weighted by Crippen LogP contribution is 2.32. The lowest BCUT2D eigenvalue weighted by Crippen LogP contribution is -2.52. The first-order chi connectivity index (χ1) is 14.0. The van der Waals surface area contributed by atoms with Crippen LogP contribution < -0.4 is 9.80 Å². The molecule has 1 atom stereocenters. The van der Waals surface area contributed by atoms with Crippen LogP contribution in [0.25, 0.3) is 22.1 Å². The number of fused-ring (bicyclic) bond motifs is 2. The van der Waals surface area contributed by atoms with Crippen molar-refractivity contribution in [2.45, 2.75) is 13.0 Å². The molecule has 3 N–H and O–H groups in total. The molecule has 1 saturated heterocycles. The summed E-state index contributed by atoms with van der Waals surface area (Å²) >= 11 is 6.34. The van der Waals surface area contributed by atoms with Crippen molar-refractivity contribution in [2.75, 3.05) is 29.4 Å². The second-order valence-corrected chi connectivity index (χ2v) is 7.55. The first-order valence-electron chi connectivity index (χ1n) is 9.23. The van der Waals surface area contributed by atoms with Gasteiger partial charge in [0.05, 0.1) is 27.0 Å². The Balaban J connectivity index is 1.42. The van der Waals surface area contributed by atoms with Crippen LogP contribution >= 0.6 is 11.6 Å². The minimum Gasteiger partial charge on any atom is -0.478 e.